The van der Waals surface area contributed by atoms with Gasteiger partial charge in [0.1, 0.15) is 17.5 Å². The van der Waals surface area contributed by atoms with Gasteiger partial charge in [0.2, 0.25) is 0 Å². The summed E-state index contributed by atoms with van der Waals surface area (Å²) >= 11 is 0. The van der Waals surface area contributed by atoms with Crippen LogP contribution in [0.2, 0.25) is 0 Å². The lowest BCUT2D eigenvalue weighted by atomic mass is 10.1. The number of carbonyl (C=O) groups excluding carboxylic acids is 1. The number of rotatable bonds is 4. The highest BCUT2D eigenvalue weighted by Gasteiger charge is 2.17. The van der Waals surface area contributed by atoms with Crippen LogP contribution in [0.15, 0.2) is 60.8 Å². The van der Waals surface area contributed by atoms with Gasteiger partial charge in [-0.1, -0.05) is 0 Å². The van der Waals surface area contributed by atoms with Crippen LogP contribution in [0.25, 0.3) is 22.6 Å². The van der Waals surface area contributed by atoms with E-state index in [1.807, 2.05) is 0 Å². The second-order valence-corrected chi connectivity index (χ2v) is 6.08. The molecule has 4 aromatic rings. The number of benzene rings is 2. The second-order valence-electron chi connectivity index (χ2n) is 6.08. The summed E-state index contributed by atoms with van der Waals surface area (Å²) in [5.41, 5.74) is 1.29. The number of nitrogens with zero attached hydrogens (tertiary/aromatic N) is 4. The Morgan fingerprint density at radius 1 is 1.14 bits per heavy atom. The standard InChI is InChI=1S/C19H12FN5O4/c20-13-5-1-12(2-6-13)19(26)22-14-7-3-11(4-8-14)18-23-17-16(24(18)27)9-15(10-21-17)25(28)29/h1-10,27H,(H,22,26). The third-order valence-corrected chi connectivity index (χ3v) is 4.19. The maximum atomic E-state index is 13.0. The molecule has 0 aliphatic heterocycles. The summed E-state index contributed by atoms with van der Waals surface area (Å²) in [4.78, 5) is 30.5. The fourth-order valence-electron chi connectivity index (χ4n) is 2.73. The highest BCUT2D eigenvalue weighted by Crippen LogP contribution is 2.26. The topological polar surface area (TPSA) is 123 Å². The van der Waals surface area contributed by atoms with E-state index < -0.39 is 16.6 Å². The molecule has 2 aromatic carbocycles. The van der Waals surface area contributed by atoms with Crippen molar-refractivity contribution in [2.24, 2.45) is 0 Å². The minimum absolute atomic E-state index is 0.0999. The molecule has 0 aliphatic rings. The fourth-order valence-corrected chi connectivity index (χ4v) is 2.73. The van der Waals surface area contributed by atoms with Gasteiger partial charge in [0.15, 0.2) is 11.5 Å². The molecule has 2 aromatic heterocycles. The molecule has 0 saturated heterocycles. The number of anilines is 1. The van der Waals surface area contributed by atoms with E-state index in [4.69, 9.17) is 0 Å². The van der Waals surface area contributed by atoms with Crippen molar-refractivity contribution in [1.29, 1.82) is 0 Å². The van der Waals surface area contributed by atoms with Crippen LogP contribution in [0, 0.1) is 15.9 Å². The van der Waals surface area contributed by atoms with E-state index in [0.29, 0.717) is 16.8 Å². The molecule has 10 heteroatoms. The van der Waals surface area contributed by atoms with Gasteiger partial charge in [-0.3, -0.25) is 14.9 Å². The van der Waals surface area contributed by atoms with Crippen molar-refractivity contribution in [3.63, 3.8) is 0 Å². The molecule has 4 rings (SSSR count). The Balaban J connectivity index is 1.59. The molecule has 29 heavy (non-hydrogen) atoms. The van der Waals surface area contributed by atoms with E-state index in [-0.39, 0.29) is 22.7 Å². The number of halogens is 1. The fraction of sp³-hybridized carbons (Fsp3) is 0. The second kappa shape index (κ2) is 7.00. The van der Waals surface area contributed by atoms with E-state index in [9.17, 15) is 24.5 Å². The minimum atomic E-state index is -0.613. The molecular weight excluding hydrogens is 381 g/mol. The Kier molecular flexibility index (Phi) is 4.36. The van der Waals surface area contributed by atoms with Crippen LogP contribution < -0.4 is 5.32 Å². The molecule has 0 unspecified atom stereocenters. The Labute approximate surface area is 162 Å². The smallest absolute Gasteiger partial charge is 0.289 e. The van der Waals surface area contributed by atoms with E-state index >= 15 is 0 Å². The zero-order chi connectivity index (χ0) is 20.5. The monoisotopic (exact) mass is 393 g/mol. The van der Waals surface area contributed by atoms with Crippen LogP contribution in [-0.2, 0) is 0 Å². The maximum absolute atomic E-state index is 13.0. The highest BCUT2D eigenvalue weighted by atomic mass is 19.1. The number of hydrogen-bond acceptors (Lipinski definition) is 6. The molecule has 0 spiro atoms. The Bertz CT molecular complexity index is 1240. The van der Waals surface area contributed by atoms with E-state index in [1.54, 1.807) is 24.3 Å². The number of imidazole rings is 1. The first-order chi connectivity index (χ1) is 13.9. The molecule has 0 atom stereocenters. The lowest BCUT2D eigenvalue weighted by Gasteiger charge is -2.06. The van der Waals surface area contributed by atoms with Crippen molar-refractivity contribution in [1.82, 2.24) is 14.7 Å². The largest absolute Gasteiger partial charge is 0.426 e. The van der Waals surface area contributed by atoms with Gasteiger partial charge >= 0.3 is 0 Å². The molecule has 1 amide bonds. The molecule has 2 N–H and O–H groups in total. The maximum Gasteiger partial charge on any atom is 0.289 e. The third-order valence-electron chi connectivity index (χ3n) is 4.19. The third kappa shape index (κ3) is 3.46. The zero-order valence-electron chi connectivity index (χ0n) is 14.6. The predicted octanol–water partition coefficient (Wildman–Crippen LogP) is 3.64. The van der Waals surface area contributed by atoms with Crippen molar-refractivity contribution in [3.05, 3.63) is 82.3 Å². The van der Waals surface area contributed by atoms with Gasteiger partial charge in [-0.15, -0.1) is 0 Å². The summed E-state index contributed by atoms with van der Waals surface area (Å²) in [5, 5.41) is 23.9. The summed E-state index contributed by atoms with van der Waals surface area (Å²) in [6.07, 6.45) is 1.06. The molecule has 0 fully saturated rings. The van der Waals surface area contributed by atoms with Crippen LogP contribution in [-0.4, -0.2) is 30.7 Å². The van der Waals surface area contributed by atoms with Gasteiger partial charge in [-0.2, -0.15) is 4.73 Å². The molecule has 0 aliphatic carbocycles. The molecule has 0 bridgehead atoms. The highest BCUT2D eigenvalue weighted by molar-refractivity contribution is 6.04. The number of nitro groups is 1. The van der Waals surface area contributed by atoms with Crippen LogP contribution >= 0.6 is 0 Å². The van der Waals surface area contributed by atoms with E-state index in [1.165, 1.54) is 30.3 Å². The Morgan fingerprint density at radius 3 is 2.48 bits per heavy atom. The number of aromatic nitrogens is 3. The van der Waals surface area contributed by atoms with Crippen LogP contribution in [0.5, 0.6) is 0 Å². The van der Waals surface area contributed by atoms with Crippen LogP contribution in [0.1, 0.15) is 10.4 Å². The lowest BCUT2D eigenvalue weighted by Crippen LogP contribution is -2.11. The number of fused-ring (bicyclic) bond motifs is 1. The first-order valence-corrected chi connectivity index (χ1v) is 8.32. The summed E-state index contributed by atoms with van der Waals surface area (Å²) < 4.78 is 13.7. The molecule has 2 heterocycles. The summed E-state index contributed by atoms with van der Waals surface area (Å²) in [7, 11) is 0. The van der Waals surface area contributed by atoms with Gasteiger partial charge < -0.3 is 10.5 Å². The SMILES string of the molecule is O=C(Nc1ccc(-c2nc3ncc([N+](=O)[O-])cc3n2O)cc1)c1ccc(F)cc1. The van der Waals surface area contributed by atoms with Gasteiger partial charge in [-0.05, 0) is 48.5 Å². The van der Waals surface area contributed by atoms with Crippen molar-refractivity contribution >= 4 is 28.4 Å². The number of amides is 1. The first kappa shape index (κ1) is 18.0. The minimum Gasteiger partial charge on any atom is -0.426 e. The normalized spacial score (nSPS) is 10.8. The van der Waals surface area contributed by atoms with Crippen LogP contribution in [0.4, 0.5) is 15.8 Å². The van der Waals surface area contributed by atoms with Gasteiger partial charge in [0.05, 0.1) is 4.92 Å². The lowest BCUT2D eigenvalue weighted by molar-refractivity contribution is -0.385. The Morgan fingerprint density at radius 2 is 1.83 bits per heavy atom. The molecule has 0 radical (unpaired) electrons. The molecule has 9 nitrogen and oxygen atoms in total. The zero-order valence-corrected chi connectivity index (χ0v) is 14.6. The quantitative estimate of drug-likeness (QED) is 0.310. The first-order valence-electron chi connectivity index (χ1n) is 8.32. The van der Waals surface area contributed by atoms with Gasteiger partial charge in [0.25, 0.3) is 11.6 Å². The van der Waals surface area contributed by atoms with Gasteiger partial charge in [0, 0.05) is 22.9 Å². The van der Waals surface area contributed by atoms with E-state index in [2.05, 4.69) is 15.3 Å². The molecular formula is C19H12FN5O4. The Hall–Kier alpha value is -4.34. The van der Waals surface area contributed by atoms with E-state index in [0.717, 1.165) is 10.9 Å². The molecule has 0 saturated carbocycles. The number of carbonyl (C=O) groups is 1. The number of pyridine rings is 1. The average molecular weight is 393 g/mol. The number of hydrogen-bond donors (Lipinski definition) is 2. The summed E-state index contributed by atoms with van der Waals surface area (Å²) in [5.74, 6) is -0.689. The van der Waals surface area contributed by atoms with Crippen molar-refractivity contribution in [2.75, 3.05) is 5.32 Å². The van der Waals surface area contributed by atoms with Gasteiger partial charge in [-0.25, -0.2) is 14.4 Å². The summed E-state index contributed by atoms with van der Waals surface area (Å²) in [6, 6.07) is 12.8. The number of nitrogens with one attached hydrogen (secondary N) is 1. The van der Waals surface area contributed by atoms with Crippen molar-refractivity contribution in [3.8, 4) is 11.4 Å². The molecule has 144 valence electrons. The van der Waals surface area contributed by atoms with Crippen LogP contribution in [0.3, 0.4) is 0 Å². The summed E-state index contributed by atoms with van der Waals surface area (Å²) in [6.45, 7) is 0. The van der Waals surface area contributed by atoms with Crippen molar-refractivity contribution in [2.45, 2.75) is 0 Å². The van der Waals surface area contributed by atoms with Crippen molar-refractivity contribution < 1.29 is 19.3 Å². The average Bonchev–Trinajstić information content (AvgIpc) is 3.05. The predicted molar refractivity (Wildman–Crippen MR) is 101 cm³/mol.